The standard InChI is InChI=1S/C18H19N5/c1-13-7-3-4-9-16(13)22-17-11-14(2)21-18(23-17)20-12-15-8-5-6-10-19-15/h3-11H,12H2,1-2H3,(H2,20,21,22,23). The monoisotopic (exact) mass is 305 g/mol. The minimum absolute atomic E-state index is 0.590. The highest BCUT2D eigenvalue weighted by molar-refractivity contribution is 5.61. The normalized spacial score (nSPS) is 10.3. The number of pyridine rings is 1. The summed E-state index contributed by atoms with van der Waals surface area (Å²) in [6, 6.07) is 15.9. The van der Waals surface area contributed by atoms with Crippen LogP contribution in [0, 0.1) is 13.8 Å². The highest BCUT2D eigenvalue weighted by atomic mass is 15.1. The van der Waals surface area contributed by atoms with Gasteiger partial charge in [0.1, 0.15) is 5.82 Å². The van der Waals surface area contributed by atoms with E-state index in [1.807, 2.05) is 49.4 Å². The van der Waals surface area contributed by atoms with E-state index in [4.69, 9.17) is 0 Å². The maximum atomic E-state index is 4.52. The van der Waals surface area contributed by atoms with Crippen molar-refractivity contribution in [2.45, 2.75) is 20.4 Å². The Bertz CT molecular complexity index is 786. The molecule has 1 aromatic carbocycles. The Kier molecular flexibility index (Phi) is 4.47. The molecular weight excluding hydrogens is 286 g/mol. The molecule has 5 heteroatoms. The van der Waals surface area contributed by atoms with Crippen molar-refractivity contribution in [2.24, 2.45) is 0 Å². The molecule has 2 aromatic heterocycles. The number of hydrogen-bond donors (Lipinski definition) is 2. The number of rotatable bonds is 5. The highest BCUT2D eigenvalue weighted by Gasteiger charge is 2.04. The molecule has 23 heavy (non-hydrogen) atoms. The molecule has 3 rings (SSSR count). The number of anilines is 3. The second-order valence-electron chi connectivity index (χ2n) is 5.33. The molecule has 0 aliphatic heterocycles. The van der Waals surface area contributed by atoms with Gasteiger partial charge in [0.15, 0.2) is 0 Å². The number of nitrogens with one attached hydrogen (secondary N) is 2. The summed E-state index contributed by atoms with van der Waals surface area (Å²) in [7, 11) is 0. The molecule has 0 bridgehead atoms. The maximum absolute atomic E-state index is 4.52. The molecule has 0 amide bonds. The molecule has 3 aromatic rings. The Labute approximate surface area is 135 Å². The molecular formula is C18H19N5. The summed E-state index contributed by atoms with van der Waals surface area (Å²) in [6.45, 7) is 4.61. The van der Waals surface area contributed by atoms with E-state index in [2.05, 4.69) is 38.6 Å². The van der Waals surface area contributed by atoms with Crippen molar-refractivity contribution in [3.63, 3.8) is 0 Å². The van der Waals surface area contributed by atoms with Gasteiger partial charge < -0.3 is 10.6 Å². The maximum Gasteiger partial charge on any atom is 0.225 e. The van der Waals surface area contributed by atoms with Crippen LogP contribution in [0.3, 0.4) is 0 Å². The molecule has 0 unspecified atom stereocenters. The van der Waals surface area contributed by atoms with Gasteiger partial charge in [-0.1, -0.05) is 24.3 Å². The lowest BCUT2D eigenvalue weighted by atomic mass is 10.2. The Morgan fingerprint density at radius 1 is 0.957 bits per heavy atom. The smallest absolute Gasteiger partial charge is 0.225 e. The van der Waals surface area contributed by atoms with Crippen LogP contribution in [0.15, 0.2) is 54.7 Å². The first kappa shape index (κ1) is 15.0. The van der Waals surface area contributed by atoms with Crippen LogP contribution < -0.4 is 10.6 Å². The van der Waals surface area contributed by atoms with Gasteiger partial charge in [0.25, 0.3) is 0 Å². The summed E-state index contributed by atoms with van der Waals surface area (Å²) in [5.74, 6) is 1.36. The topological polar surface area (TPSA) is 62.7 Å². The molecule has 0 saturated heterocycles. The summed E-state index contributed by atoms with van der Waals surface area (Å²) >= 11 is 0. The van der Waals surface area contributed by atoms with Gasteiger partial charge >= 0.3 is 0 Å². The minimum atomic E-state index is 0.590. The zero-order chi connectivity index (χ0) is 16.1. The van der Waals surface area contributed by atoms with Crippen LogP contribution in [0.2, 0.25) is 0 Å². The van der Waals surface area contributed by atoms with Gasteiger partial charge in [-0.15, -0.1) is 0 Å². The molecule has 116 valence electrons. The van der Waals surface area contributed by atoms with E-state index >= 15 is 0 Å². The lowest BCUT2D eigenvalue weighted by Crippen LogP contribution is -2.07. The highest BCUT2D eigenvalue weighted by Crippen LogP contribution is 2.20. The van der Waals surface area contributed by atoms with Crippen LogP contribution in [-0.2, 0) is 6.54 Å². The van der Waals surface area contributed by atoms with Crippen LogP contribution in [0.25, 0.3) is 0 Å². The average Bonchev–Trinajstić information content (AvgIpc) is 2.56. The molecule has 0 radical (unpaired) electrons. The van der Waals surface area contributed by atoms with Crippen LogP contribution in [-0.4, -0.2) is 15.0 Å². The van der Waals surface area contributed by atoms with Crippen LogP contribution in [0.1, 0.15) is 17.0 Å². The molecule has 2 heterocycles. The Hall–Kier alpha value is -2.95. The van der Waals surface area contributed by atoms with Crippen molar-refractivity contribution < 1.29 is 0 Å². The van der Waals surface area contributed by atoms with Gasteiger partial charge in [-0.05, 0) is 37.6 Å². The number of nitrogens with zero attached hydrogens (tertiary/aromatic N) is 3. The molecule has 0 saturated carbocycles. The first-order valence-electron chi connectivity index (χ1n) is 7.53. The largest absolute Gasteiger partial charge is 0.349 e. The zero-order valence-electron chi connectivity index (χ0n) is 13.2. The summed E-state index contributed by atoms with van der Waals surface area (Å²) in [5.41, 5.74) is 4.07. The van der Waals surface area contributed by atoms with Crippen molar-refractivity contribution >= 4 is 17.5 Å². The van der Waals surface area contributed by atoms with E-state index in [1.165, 1.54) is 5.56 Å². The fourth-order valence-corrected chi connectivity index (χ4v) is 2.24. The lowest BCUT2D eigenvalue weighted by Gasteiger charge is -2.11. The van der Waals surface area contributed by atoms with Crippen molar-refractivity contribution in [3.8, 4) is 0 Å². The van der Waals surface area contributed by atoms with Gasteiger partial charge in [-0.25, -0.2) is 4.98 Å². The Balaban J connectivity index is 1.75. The minimum Gasteiger partial charge on any atom is -0.349 e. The number of aromatic nitrogens is 3. The van der Waals surface area contributed by atoms with Crippen molar-refractivity contribution in [1.82, 2.24) is 15.0 Å². The second-order valence-corrected chi connectivity index (χ2v) is 5.33. The first-order valence-corrected chi connectivity index (χ1v) is 7.53. The predicted octanol–water partition coefficient (Wildman–Crippen LogP) is 3.84. The summed E-state index contributed by atoms with van der Waals surface area (Å²) < 4.78 is 0. The van der Waals surface area contributed by atoms with E-state index in [0.717, 1.165) is 22.9 Å². The quantitative estimate of drug-likeness (QED) is 0.750. The third-order valence-electron chi connectivity index (χ3n) is 3.42. The van der Waals surface area contributed by atoms with Crippen LogP contribution in [0.4, 0.5) is 17.5 Å². The van der Waals surface area contributed by atoms with Crippen molar-refractivity contribution in [1.29, 1.82) is 0 Å². The van der Waals surface area contributed by atoms with Crippen LogP contribution in [0.5, 0.6) is 0 Å². The molecule has 0 spiro atoms. The Morgan fingerprint density at radius 3 is 2.57 bits per heavy atom. The second kappa shape index (κ2) is 6.87. The molecule has 0 atom stereocenters. The summed E-state index contributed by atoms with van der Waals surface area (Å²) in [6.07, 6.45) is 1.78. The third-order valence-corrected chi connectivity index (χ3v) is 3.42. The van der Waals surface area contributed by atoms with E-state index in [-0.39, 0.29) is 0 Å². The van der Waals surface area contributed by atoms with Gasteiger partial charge in [0, 0.05) is 23.6 Å². The van der Waals surface area contributed by atoms with Crippen molar-refractivity contribution in [2.75, 3.05) is 10.6 Å². The van der Waals surface area contributed by atoms with Gasteiger partial charge in [-0.2, -0.15) is 4.98 Å². The van der Waals surface area contributed by atoms with Gasteiger partial charge in [0.2, 0.25) is 5.95 Å². The number of para-hydroxylation sites is 1. The van der Waals surface area contributed by atoms with E-state index in [0.29, 0.717) is 12.5 Å². The lowest BCUT2D eigenvalue weighted by molar-refractivity contribution is 0.991. The molecule has 0 aliphatic carbocycles. The van der Waals surface area contributed by atoms with Gasteiger partial charge in [-0.3, -0.25) is 4.98 Å². The predicted molar refractivity (Wildman–Crippen MR) is 92.8 cm³/mol. The summed E-state index contributed by atoms with van der Waals surface area (Å²) in [5, 5.41) is 6.56. The zero-order valence-corrected chi connectivity index (χ0v) is 13.2. The fraction of sp³-hybridized carbons (Fsp3) is 0.167. The van der Waals surface area contributed by atoms with E-state index in [9.17, 15) is 0 Å². The van der Waals surface area contributed by atoms with Crippen molar-refractivity contribution in [3.05, 3.63) is 71.7 Å². The Morgan fingerprint density at radius 2 is 1.78 bits per heavy atom. The number of aryl methyl sites for hydroxylation is 2. The number of benzene rings is 1. The average molecular weight is 305 g/mol. The first-order chi connectivity index (χ1) is 11.2. The number of hydrogen-bond acceptors (Lipinski definition) is 5. The fourth-order valence-electron chi connectivity index (χ4n) is 2.24. The van der Waals surface area contributed by atoms with E-state index in [1.54, 1.807) is 6.20 Å². The summed E-state index contributed by atoms with van der Waals surface area (Å²) in [4.78, 5) is 13.2. The molecule has 2 N–H and O–H groups in total. The molecule has 5 nitrogen and oxygen atoms in total. The molecule has 0 aliphatic rings. The molecule has 0 fully saturated rings. The van der Waals surface area contributed by atoms with E-state index < -0.39 is 0 Å². The third kappa shape index (κ3) is 4.03. The SMILES string of the molecule is Cc1cc(Nc2ccccc2C)nc(NCc2ccccn2)n1. The van der Waals surface area contributed by atoms with Crippen LogP contribution >= 0.6 is 0 Å². The van der Waals surface area contributed by atoms with Gasteiger partial charge in [0.05, 0.1) is 12.2 Å².